The zero-order chi connectivity index (χ0) is 39.4. The maximum absolute atomic E-state index is 14.0. The zero-order valence-electron chi connectivity index (χ0n) is 30.7. The number of H-pyrrole nitrogens is 4. The molecule has 4 aromatic carbocycles. The topological polar surface area (TPSA) is 173 Å². The molecule has 7 N–H and O–H groups in total. The quantitative estimate of drug-likeness (QED) is 0.0831. The number of benzene rings is 4. The smallest absolute Gasteiger partial charge is 0.274 e. The van der Waals surface area contributed by atoms with Crippen LogP contribution >= 0.6 is 23.2 Å². The van der Waals surface area contributed by atoms with Gasteiger partial charge in [-0.05, 0) is 84.6 Å². The molecule has 6 heterocycles. The Morgan fingerprint density at radius 1 is 0.702 bits per heavy atom. The van der Waals surface area contributed by atoms with Gasteiger partial charge in [-0.1, -0.05) is 0 Å². The predicted molar refractivity (Wildman–Crippen MR) is 224 cm³/mol. The Morgan fingerprint density at radius 2 is 1.23 bits per heavy atom. The van der Waals surface area contributed by atoms with E-state index in [0.717, 1.165) is 38.4 Å². The minimum atomic E-state index is -0.378. The molecule has 0 bridgehead atoms. The molecule has 8 aromatic rings. The lowest BCUT2D eigenvalue weighted by molar-refractivity contribution is 0.0978. The van der Waals surface area contributed by atoms with Crippen molar-refractivity contribution >= 4 is 102 Å². The van der Waals surface area contributed by atoms with Crippen LogP contribution in [0.2, 0.25) is 0 Å². The number of carbonyl (C=O) groups is 3. The van der Waals surface area contributed by atoms with Gasteiger partial charge in [-0.15, -0.1) is 23.2 Å². The number of amides is 3. The predicted octanol–water partition coefficient (Wildman–Crippen LogP) is 8.86. The number of nitrogens with zero attached hydrogens (tertiary/aromatic N) is 2. The summed E-state index contributed by atoms with van der Waals surface area (Å²) in [6, 6.07) is 17.3. The Hall–Kier alpha value is -6.37. The van der Waals surface area contributed by atoms with E-state index in [1.54, 1.807) is 70.5 Å². The molecule has 12 nitrogen and oxygen atoms in total. The lowest BCUT2D eigenvalue weighted by Gasteiger charge is -2.18. The van der Waals surface area contributed by atoms with Crippen LogP contribution in [-0.2, 0) is 0 Å². The number of hydrogen-bond acceptors (Lipinski definition) is 5. The fraction of sp³-hybridized carbons (Fsp3) is 0.186. The Labute approximate surface area is 334 Å². The van der Waals surface area contributed by atoms with Gasteiger partial charge in [-0.25, -0.2) is 0 Å². The summed E-state index contributed by atoms with van der Waals surface area (Å²) < 4.78 is 0. The van der Waals surface area contributed by atoms with Gasteiger partial charge >= 0.3 is 0 Å². The molecule has 0 unspecified atom stereocenters. The highest BCUT2D eigenvalue weighted by Gasteiger charge is 2.37. The van der Waals surface area contributed by atoms with Crippen LogP contribution in [0, 0.1) is 13.8 Å². The third-order valence-electron chi connectivity index (χ3n) is 11.6. The second-order valence-electron chi connectivity index (χ2n) is 15.1. The molecule has 0 fully saturated rings. The third kappa shape index (κ3) is 5.31. The average Bonchev–Trinajstić information content (AvgIpc) is 4.06. The van der Waals surface area contributed by atoms with Gasteiger partial charge in [0.25, 0.3) is 17.7 Å². The zero-order valence-corrected chi connectivity index (χ0v) is 32.2. The summed E-state index contributed by atoms with van der Waals surface area (Å²) in [5, 5.41) is 27.7. The minimum Gasteiger partial charge on any atom is -0.506 e. The van der Waals surface area contributed by atoms with Crippen molar-refractivity contribution < 1.29 is 24.6 Å². The Kier molecular flexibility index (Phi) is 7.90. The van der Waals surface area contributed by atoms with Gasteiger partial charge in [-0.3, -0.25) is 14.4 Å². The summed E-state index contributed by atoms with van der Waals surface area (Å²) in [4.78, 5) is 57.5. The highest BCUT2D eigenvalue weighted by Crippen LogP contribution is 2.48. The monoisotopic (exact) mass is 799 g/mol. The van der Waals surface area contributed by atoms with Crippen molar-refractivity contribution in [1.29, 1.82) is 0 Å². The highest BCUT2D eigenvalue weighted by molar-refractivity contribution is 6.20. The lowest BCUT2D eigenvalue weighted by atomic mass is 9.97. The molecule has 2 aliphatic rings. The average molecular weight is 801 g/mol. The molecular formula is C43H35Cl2N7O5. The Morgan fingerprint density at radius 3 is 1.82 bits per heavy atom. The van der Waals surface area contributed by atoms with Crippen molar-refractivity contribution in [2.45, 2.75) is 25.7 Å². The molecule has 0 radical (unpaired) electrons. The minimum absolute atomic E-state index is 0.0651. The largest absolute Gasteiger partial charge is 0.506 e. The van der Waals surface area contributed by atoms with Gasteiger partial charge in [0.2, 0.25) is 0 Å². The van der Waals surface area contributed by atoms with Crippen LogP contribution in [0.15, 0.2) is 73.1 Å². The first-order valence-corrected chi connectivity index (χ1v) is 19.6. The summed E-state index contributed by atoms with van der Waals surface area (Å²) in [7, 11) is 0. The summed E-state index contributed by atoms with van der Waals surface area (Å²) in [6.45, 7) is 4.67. The van der Waals surface area contributed by atoms with E-state index < -0.39 is 0 Å². The van der Waals surface area contributed by atoms with Crippen LogP contribution in [-0.4, -0.2) is 72.7 Å². The van der Waals surface area contributed by atoms with E-state index in [1.165, 1.54) is 0 Å². The molecule has 0 spiro atoms. The van der Waals surface area contributed by atoms with E-state index in [-0.39, 0.29) is 41.1 Å². The van der Waals surface area contributed by atoms with Gasteiger partial charge in [0.05, 0.1) is 22.4 Å². The molecule has 286 valence electrons. The molecule has 10 rings (SSSR count). The van der Waals surface area contributed by atoms with Crippen molar-refractivity contribution in [3.8, 4) is 11.5 Å². The number of hydrogen-bond donors (Lipinski definition) is 7. The first-order valence-electron chi connectivity index (χ1n) is 18.5. The number of anilines is 3. The lowest BCUT2D eigenvalue weighted by Crippen LogP contribution is -2.30. The molecule has 2 aliphatic heterocycles. The molecule has 2 atom stereocenters. The van der Waals surface area contributed by atoms with E-state index in [9.17, 15) is 24.6 Å². The van der Waals surface area contributed by atoms with Crippen LogP contribution in [0.25, 0.3) is 43.6 Å². The van der Waals surface area contributed by atoms with E-state index >= 15 is 0 Å². The summed E-state index contributed by atoms with van der Waals surface area (Å²) in [5.74, 6) is -0.306. The molecular weight excluding hydrogens is 765 g/mol. The van der Waals surface area contributed by atoms with Crippen molar-refractivity contribution in [3.05, 3.63) is 112 Å². The second-order valence-corrected chi connectivity index (χ2v) is 15.7. The number of aryl methyl sites for hydroxylation is 2. The number of halogens is 2. The van der Waals surface area contributed by atoms with E-state index in [0.29, 0.717) is 86.3 Å². The maximum Gasteiger partial charge on any atom is 0.274 e. The number of rotatable bonds is 6. The first kappa shape index (κ1) is 35.1. The number of aromatic hydroxyl groups is 2. The van der Waals surface area contributed by atoms with Crippen molar-refractivity contribution in [1.82, 2.24) is 19.9 Å². The molecule has 3 amide bonds. The van der Waals surface area contributed by atoms with Crippen molar-refractivity contribution in [2.24, 2.45) is 0 Å². The summed E-state index contributed by atoms with van der Waals surface area (Å²) in [6.07, 6.45) is 3.68. The Balaban J connectivity index is 0.886. The molecule has 57 heavy (non-hydrogen) atoms. The molecule has 0 saturated heterocycles. The standard InChI is InChI=1S/C43H35Cl2N7O5/c1-19-15-46-39-33(53)11-31-37(35(19)39)24(13-44)17-51(31)42(56)21-3-5-27-22(7-21)9-29(49-27)41(55)48-26-4-6-28-23(8-26)10-30(50-28)43(57)52-18-25(14-45)38-32(52)12-34(54)40-36(38)20(2)16-47-40/h3-12,15-16,24-25,46-47,49-50,53-54H,13-14,17-18H2,1-2H3,(H,48,55)/t24-,25-/m1/s1. The fourth-order valence-corrected chi connectivity index (χ4v) is 9.40. The van der Waals surface area contributed by atoms with Crippen molar-refractivity contribution in [3.63, 3.8) is 0 Å². The molecule has 0 aliphatic carbocycles. The molecule has 14 heteroatoms. The number of alkyl halides is 2. The van der Waals surface area contributed by atoms with Gasteiger partial charge in [-0.2, -0.15) is 0 Å². The van der Waals surface area contributed by atoms with E-state index in [1.807, 2.05) is 26.2 Å². The molecule has 0 saturated carbocycles. The number of carbonyl (C=O) groups excluding carboxylic acids is 3. The number of aromatic nitrogens is 4. The summed E-state index contributed by atoms with van der Waals surface area (Å²) >= 11 is 12.8. The van der Waals surface area contributed by atoms with Crippen LogP contribution in [0.5, 0.6) is 11.5 Å². The van der Waals surface area contributed by atoms with Gasteiger partial charge < -0.3 is 45.3 Å². The van der Waals surface area contributed by atoms with Crippen LogP contribution in [0.3, 0.4) is 0 Å². The summed E-state index contributed by atoms with van der Waals surface area (Å²) in [5.41, 5.74) is 9.38. The van der Waals surface area contributed by atoms with E-state index in [4.69, 9.17) is 23.2 Å². The van der Waals surface area contributed by atoms with Crippen LogP contribution < -0.4 is 15.1 Å². The Bertz CT molecular complexity index is 3030. The number of nitrogens with one attached hydrogen (secondary N) is 5. The number of phenolic OH excluding ortho intramolecular Hbond substituents is 2. The number of aromatic amines is 4. The van der Waals surface area contributed by atoms with Crippen LogP contribution in [0.4, 0.5) is 17.1 Å². The highest BCUT2D eigenvalue weighted by atomic mass is 35.5. The fourth-order valence-electron chi connectivity index (χ4n) is 8.90. The second kappa shape index (κ2) is 12.8. The van der Waals surface area contributed by atoms with Gasteiger partial charge in [0.15, 0.2) is 0 Å². The molecule has 4 aromatic heterocycles. The van der Waals surface area contributed by atoms with Crippen LogP contribution in [0.1, 0.15) is 65.4 Å². The normalized spacial score (nSPS) is 16.4. The number of fused-ring (bicyclic) bond motifs is 8. The van der Waals surface area contributed by atoms with Crippen molar-refractivity contribution in [2.75, 3.05) is 40.0 Å². The third-order valence-corrected chi connectivity index (χ3v) is 12.3. The van der Waals surface area contributed by atoms with Gasteiger partial charge in [0, 0.05) is 105 Å². The van der Waals surface area contributed by atoms with Gasteiger partial charge in [0.1, 0.15) is 22.9 Å². The first-order chi connectivity index (χ1) is 27.5. The maximum atomic E-state index is 14.0. The van der Waals surface area contributed by atoms with E-state index in [2.05, 4.69) is 25.3 Å². The number of phenols is 2. The SMILES string of the molecule is Cc1c[nH]c2c(O)cc3c(c12)[C@H](CCl)CN3C(=O)c1ccc2[nH]c(C(=O)Nc3ccc4[nH]c(C(=O)N5C[C@@H](CCl)c6c5cc(O)c5[nH]cc(C)c65)cc4c3)cc2c1.